The highest BCUT2D eigenvalue weighted by Gasteiger charge is 2.31. The number of aromatic nitrogens is 2. The fourth-order valence-electron chi connectivity index (χ4n) is 4.91. The summed E-state index contributed by atoms with van der Waals surface area (Å²) in [5.41, 5.74) is 4.27. The highest BCUT2D eigenvalue weighted by atomic mass is 32.2. The molecule has 212 valence electrons. The number of ether oxygens (including phenoxy) is 1. The molecule has 0 aliphatic heterocycles. The van der Waals surface area contributed by atoms with Crippen LogP contribution in [0.2, 0.25) is 0 Å². The Morgan fingerprint density at radius 3 is 1.90 bits per heavy atom. The van der Waals surface area contributed by atoms with Gasteiger partial charge >= 0.3 is 5.97 Å². The number of hydrogen-bond acceptors (Lipinski definition) is 5. The van der Waals surface area contributed by atoms with Crippen LogP contribution >= 0.6 is 0 Å². The van der Waals surface area contributed by atoms with Crippen molar-refractivity contribution in [1.82, 2.24) is 20.0 Å². The van der Waals surface area contributed by atoms with Crippen LogP contribution in [-0.2, 0) is 37.2 Å². The lowest BCUT2D eigenvalue weighted by molar-refractivity contribution is -0.147. The van der Waals surface area contributed by atoms with E-state index in [2.05, 4.69) is 20.0 Å². The molecule has 3 aromatic carbocycles. The number of fused-ring (bicyclic) bond motifs is 2. The first-order valence-electron chi connectivity index (χ1n) is 13.4. The Bertz CT molecular complexity index is 1790. The molecule has 0 saturated heterocycles. The van der Waals surface area contributed by atoms with Crippen molar-refractivity contribution in [3.05, 3.63) is 102 Å². The Hall–Kier alpha value is -4.41. The van der Waals surface area contributed by atoms with Crippen LogP contribution in [0.25, 0.3) is 21.8 Å². The largest absolute Gasteiger partial charge is 0.464 e. The Morgan fingerprint density at radius 1 is 0.805 bits per heavy atom. The van der Waals surface area contributed by atoms with Crippen LogP contribution in [0.3, 0.4) is 0 Å². The maximum absolute atomic E-state index is 13.8. The minimum absolute atomic E-state index is 0.0422. The molecule has 9 nitrogen and oxygen atoms in total. The third-order valence-corrected chi connectivity index (χ3v) is 8.52. The second kappa shape index (κ2) is 12.0. The summed E-state index contributed by atoms with van der Waals surface area (Å²) in [6, 6.07) is 19.4. The summed E-state index contributed by atoms with van der Waals surface area (Å²) in [7, 11) is -4.06. The van der Waals surface area contributed by atoms with E-state index in [4.69, 9.17) is 4.74 Å². The lowest BCUT2D eigenvalue weighted by atomic mass is 10.0. The molecule has 2 atom stereocenters. The van der Waals surface area contributed by atoms with Gasteiger partial charge in [0.1, 0.15) is 12.1 Å². The average Bonchev–Trinajstić information content (AvgIpc) is 3.56. The molecule has 1 amide bonds. The van der Waals surface area contributed by atoms with Crippen molar-refractivity contribution in [2.24, 2.45) is 0 Å². The number of sulfonamides is 1. The van der Waals surface area contributed by atoms with Crippen molar-refractivity contribution < 1.29 is 22.7 Å². The molecule has 4 N–H and O–H groups in total. The number of hydrogen-bond donors (Lipinski definition) is 4. The van der Waals surface area contributed by atoms with Crippen molar-refractivity contribution in [2.45, 2.75) is 43.7 Å². The van der Waals surface area contributed by atoms with Gasteiger partial charge in [-0.2, -0.15) is 4.72 Å². The number of amides is 1. The van der Waals surface area contributed by atoms with Crippen molar-refractivity contribution >= 4 is 43.7 Å². The van der Waals surface area contributed by atoms with E-state index < -0.39 is 34.0 Å². The number of nitrogens with one attached hydrogen (secondary N) is 4. The molecule has 10 heteroatoms. The molecule has 1 unspecified atom stereocenters. The van der Waals surface area contributed by atoms with Crippen molar-refractivity contribution in [1.29, 1.82) is 0 Å². The van der Waals surface area contributed by atoms with E-state index in [0.717, 1.165) is 38.5 Å². The Morgan fingerprint density at radius 2 is 1.34 bits per heavy atom. The van der Waals surface area contributed by atoms with Gasteiger partial charge < -0.3 is 20.0 Å². The maximum Gasteiger partial charge on any atom is 0.328 e. The summed E-state index contributed by atoms with van der Waals surface area (Å²) < 4.78 is 34.6. The highest BCUT2D eigenvalue weighted by Crippen LogP contribution is 2.22. The molecule has 41 heavy (non-hydrogen) atoms. The summed E-state index contributed by atoms with van der Waals surface area (Å²) in [5.74, 6) is -1.23. The molecule has 5 rings (SSSR count). The Balaban J connectivity index is 1.45. The second-order valence-corrected chi connectivity index (χ2v) is 11.6. The lowest BCUT2D eigenvalue weighted by Gasteiger charge is -2.22. The predicted octanol–water partition coefficient (Wildman–Crippen LogP) is 4.14. The summed E-state index contributed by atoms with van der Waals surface area (Å²) in [5, 5.41) is 4.58. The Kier molecular flexibility index (Phi) is 8.23. The van der Waals surface area contributed by atoms with Gasteiger partial charge in [0.2, 0.25) is 15.9 Å². The second-order valence-electron chi connectivity index (χ2n) is 9.93. The number of H-pyrrole nitrogens is 2. The Labute approximate surface area is 238 Å². The van der Waals surface area contributed by atoms with E-state index in [1.807, 2.05) is 55.5 Å². The van der Waals surface area contributed by atoms with E-state index in [1.165, 1.54) is 12.1 Å². The molecular weight excluding hydrogens is 540 g/mol. The van der Waals surface area contributed by atoms with Gasteiger partial charge in [-0.15, -0.1) is 0 Å². The minimum atomic E-state index is -4.06. The van der Waals surface area contributed by atoms with E-state index in [9.17, 15) is 18.0 Å². The molecule has 0 saturated carbocycles. The standard InChI is InChI=1S/C31H32N4O5S/c1-3-40-31(37)29(17-22-19-33-27-11-7-5-9-25(22)27)34-30(36)28(16-21-18-32-26-10-6-4-8-24(21)26)35-41(38,39)23-14-12-20(2)13-15-23/h4-15,18-19,28-29,32-33,35H,3,16-17H2,1-2H3,(H,34,36)/t28-,29?/m0/s1. The first kappa shape index (κ1) is 28.1. The summed E-state index contributed by atoms with van der Waals surface area (Å²) >= 11 is 0. The maximum atomic E-state index is 13.8. The fourth-order valence-corrected chi connectivity index (χ4v) is 6.11. The van der Waals surface area contributed by atoms with Crippen LogP contribution in [0.4, 0.5) is 0 Å². The predicted molar refractivity (Wildman–Crippen MR) is 158 cm³/mol. The van der Waals surface area contributed by atoms with Gasteiger partial charge in [-0.25, -0.2) is 13.2 Å². The lowest BCUT2D eigenvalue weighted by Crippen LogP contribution is -2.53. The molecule has 0 aliphatic carbocycles. The van der Waals surface area contributed by atoms with Crippen LogP contribution in [0.1, 0.15) is 23.6 Å². The SMILES string of the molecule is CCOC(=O)C(Cc1c[nH]c2ccccc12)NC(=O)[C@H](Cc1c[nH]c2ccccc12)NS(=O)(=O)c1ccc(C)cc1. The van der Waals surface area contributed by atoms with E-state index in [0.29, 0.717) is 0 Å². The number of carbonyl (C=O) groups is 2. The minimum Gasteiger partial charge on any atom is -0.464 e. The van der Waals surface area contributed by atoms with Crippen molar-refractivity contribution in [2.75, 3.05) is 6.61 Å². The molecule has 0 radical (unpaired) electrons. The quantitative estimate of drug-likeness (QED) is 0.177. The molecule has 5 aromatic rings. The average molecular weight is 573 g/mol. The van der Waals surface area contributed by atoms with Crippen molar-refractivity contribution in [3.8, 4) is 0 Å². The number of carbonyl (C=O) groups excluding carboxylic acids is 2. The molecule has 2 aromatic heterocycles. The molecular formula is C31H32N4O5S. The van der Waals surface area contributed by atoms with Gasteiger partial charge in [-0.3, -0.25) is 4.79 Å². The molecule has 0 bridgehead atoms. The van der Waals surface area contributed by atoms with E-state index in [-0.39, 0.29) is 24.3 Å². The van der Waals surface area contributed by atoms with Gasteiger partial charge in [0.25, 0.3) is 0 Å². The van der Waals surface area contributed by atoms with Gasteiger partial charge in [0.05, 0.1) is 11.5 Å². The van der Waals surface area contributed by atoms with Crippen LogP contribution in [0.5, 0.6) is 0 Å². The van der Waals surface area contributed by atoms with Crippen LogP contribution in [0, 0.1) is 6.92 Å². The summed E-state index contributed by atoms with van der Waals surface area (Å²) in [6.07, 6.45) is 3.79. The van der Waals surface area contributed by atoms with Crippen LogP contribution in [-0.4, -0.2) is 49.0 Å². The zero-order chi connectivity index (χ0) is 29.0. The third-order valence-electron chi connectivity index (χ3n) is 7.03. The van der Waals surface area contributed by atoms with E-state index in [1.54, 1.807) is 31.5 Å². The number of benzene rings is 3. The van der Waals surface area contributed by atoms with Gasteiger partial charge in [0.15, 0.2) is 0 Å². The first-order chi connectivity index (χ1) is 19.7. The highest BCUT2D eigenvalue weighted by molar-refractivity contribution is 7.89. The number of aryl methyl sites for hydroxylation is 1. The van der Waals surface area contributed by atoms with Gasteiger partial charge in [-0.05, 0) is 55.7 Å². The number of para-hydroxylation sites is 2. The molecule has 0 aliphatic rings. The summed E-state index contributed by atoms with van der Waals surface area (Å²) in [4.78, 5) is 33.2. The van der Waals surface area contributed by atoms with Gasteiger partial charge in [-0.1, -0.05) is 54.1 Å². The van der Waals surface area contributed by atoms with E-state index >= 15 is 0 Å². The van der Waals surface area contributed by atoms with Crippen molar-refractivity contribution in [3.63, 3.8) is 0 Å². The normalized spacial score (nSPS) is 13.2. The zero-order valence-corrected chi connectivity index (χ0v) is 23.6. The molecule has 0 spiro atoms. The number of aromatic amines is 2. The van der Waals surface area contributed by atoms with Crippen LogP contribution < -0.4 is 10.0 Å². The first-order valence-corrected chi connectivity index (χ1v) is 14.9. The molecule has 2 heterocycles. The number of rotatable bonds is 11. The number of esters is 1. The zero-order valence-electron chi connectivity index (χ0n) is 22.8. The van der Waals surface area contributed by atoms with Gasteiger partial charge in [0, 0.05) is 40.6 Å². The smallest absolute Gasteiger partial charge is 0.328 e. The third kappa shape index (κ3) is 6.34. The van der Waals surface area contributed by atoms with Crippen LogP contribution in [0.15, 0.2) is 90.1 Å². The monoisotopic (exact) mass is 572 g/mol. The topological polar surface area (TPSA) is 133 Å². The fraction of sp³-hybridized carbons (Fsp3) is 0.226. The molecule has 0 fully saturated rings. The summed E-state index contributed by atoms with van der Waals surface area (Å²) in [6.45, 7) is 3.69.